The van der Waals surface area contributed by atoms with Gasteiger partial charge in [0.25, 0.3) is 0 Å². The van der Waals surface area contributed by atoms with Crippen LogP contribution < -0.4 is 4.90 Å². The second-order valence-corrected chi connectivity index (χ2v) is 11.1. The van der Waals surface area contributed by atoms with E-state index in [-0.39, 0.29) is 17.6 Å². The summed E-state index contributed by atoms with van der Waals surface area (Å²) in [6.45, 7) is 5.10. The molecule has 2 aliphatic heterocycles. The molecule has 0 radical (unpaired) electrons. The fraction of sp³-hybridized carbons (Fsp3) is 0.333. The minimum Gasteiger partial charge on any atom is -0.366 e. The van der Waals surface area contributed by atoms with Crippen molar-refractivity contribution in [2.24, 2.45) is 5.92 Å². The number of piperazine rings is 1. The molecule has 0 saturated carbocycles. The van der Waals surface area contributed by atoms with Crippen molar-refractivity contribution in [1.82, 2.24) is 19.4 Å². The lowest BCUT2D eigenvalue weighted by Gasteiger charge is -2.39. The molecule has 8 heteroatoms. The van der Waals surface area contributed by atoms with E-state index in [1.54, 1.807) is 6.07 Å². The molecule has 1 aromatic heterocycles. The number of hydrogen-bond acceptors (Lipinski definition) is 4. The van der Waals surface area contributed by atoms with Crippen molar-refractivity contribution < 1.29 is 9.18 Å². The summed E-state index contributed by atoms with van der Waals surface area (Å²) >= 11 is 3.54. The number of amides is 1. The molecule has 2 fully saturated rings. The van der Waals surface area contributed by atoms with Crippen molar-refractivity contribution >= 4 is 38.6 Å². The predicted octanol–water partition coefficient (Wildman–Crippen LogP) is 5.49. The third-order valence-corrected chi connectivity index (χ3v) is 8.33. The molecule has 0 atom stereocenters. The first-order valence-electron chi connectivity index (χ1n) is 13.3. The Labute approximate surface area is 230 Å². The molecule has 0 spiro atoms. The highest BCUT2D eigenvalue weighted by Crippen LogP contribution is 2.27. The van der Waals surface area contributed by atoms with Gasteiger partial charge < -0.3 is 9.80 Å². The summed E-state index contributed by atoms with van der Waals surface area (Å²) in [5, 5.41) is 0. The Morgan fingerprint density at radius 1 is 0.868 bits per heavy atom. The molecule has 38 heavy (non-hydrogen) atoms. The van der Waals surface area contributed by atoms with Crippen molar-refractivity contribution in [2.45, 2.75) is 19.4 Å². The van der Waals surface area contributed by atoms with Gasteiger partial charge in [0.1, 0.15) is 11.6 Å². The van der Waals surface area contributed by atoms with Gasteiger partial charge >= 0.3 is 0 Å². The Balaban J connectivity index is 1.08. The lowest BCUT2D eigenvalue weighted by atomic mass is 9.95. The topological polar surface area (TPSA) is 44.6 Å². The lowest BCUT2D eigenvalue weighted by Crippen LogP contribution is -2.51. The number of para-hydroxylation sites is 3. The van der Waals surface area contributed by atoms with Crippen molar-refractivity contribution in [3.63, 3.8) is 0 Å². The Hall–Kier alpha value is -3.23. The van der Waals surface area contributed by atoms with Crippen LogP contribution in [0.2, 0.25) is 0 Å². The standard InChI is InChI=1S/C30H31BrFN5O/c31-23-9-11-24(12-10-23)37-28-8-4-2-6-26(28)33-29(37)21-34-15-13-22(14-16-34)30(38)36-19-17-35(18-20-36)27-7-3-1-5-25(27)32/h1-12,22H,13-21H2. The number of hydrogen-bond donors (Lipinski definition) is 0. The zero-order valence-electron chi connectivity index (χ0n) is 21.3. The minimum absolute atomic E-state index is 0.0524. The fourth-order valence-electron chi connectivity index (χ4n) is 5.73. The second-order valence-electron chi connectivity index (χ2n) is 10.1. The summed E-state index contributed by atoms with van der Waals surface area (Å²) in [6, 6.07) is 23.5. The molecule has 196 valence electrons. The summed E-state index contributed by atoms with van der Waals surface area (Å²) in [5.41, 5.74) is 3.81. The van der Waals surface area contributed by atoms with E-state index in [0.29, 0.717) is 31.9 Å². The smallest absolute Gasteiger partial charge is 0.225 e. The van der Waals surface area contributed by atoms with Gasteiger partial charge in [0.15, 0.2) is 0 Å². The molecular weight excluding hydrogens is 545 g/mol. The van der Waals surface area contributed by atoms with E-state index in [0.717, 1.165) is 59.5 Å². The molecule has 2 aliphatic rings. The number of rotatable bonds is 5. The summed E-state index contributed by atoms with van der Waals surface area (Å²) in [4.78, 5) is 24.7. The zero-order chi connectivity index (χ0) is 26.1. The fourth-order valence-corrected chi connectivity index (χ4v) is 6.00. The predicted molar refractivity (Wildman–Crippen MR) is 152 cm³/mol. The number of imidazole rings is 1. The minimum atomic E-state index is -0.201. The van der Waals surface area contributed by atoms with Crippen LogP contribution in [-0.4, -0.2) is 64.5 Å². The average Bonchev–Trinajstić information content (AvgIpc) is 3.32. The molecule has 3 heterocycles. The number of carbonyl (C=O) groups is 1. The maximum Gasteiger partial charge on any atom is 0.225 e. The number of likely N-dealkylation sites (tertiary alicyclic amines) is 1. The quantitative estimate of drug-likeness (QED) is 0.316. The first-order chi connectivity index (χ1) is 18.6. The highest BCUT2D eigenvalue weighted by atomic mass is 79.9. The molecule has 0 aliphatic carbocycles. The number of carbonyl (C=O) groups excluding carboxylic acids is 1. The third-order valence-electron chi connectivity index (χ3n) is 7.80. The van der Waals surface area contributed by atoms with Gasteiger partial charge in [0.2, 0.25) is 5.91 Å². The number of benzene rings is 3. The molecule has 4 aromatic rings. The van der Waals surface area contributed by atoms with Crippen LogP contribution >= 0.6 is 15.9 Å². The van der Waals surface area contributed by atoms with Gasteiger partial charge in [-0.2, -0.15) is 0 Å². The molecule has 0 unspecified atom stereocenters. The van der Waals surface area contributed by atoms with Crippen molar-refractivity contribution in [1.29, 1.82) is 0 Å². The van der Waals surface area contributed by atoms with Gasteiger partial charge in [-0.25, -0.2) is 9.37 Å². The van der Waals surface area contributed by atoms with Crippen LogP contribution in [0.5, 0.6) is 0 Å². The normalized spacial score (nSPS) is 17.3. The van der Waals surface area contributed by atoms with Crippen LogP contribution in [0.15, 0.2) is 77.3 Å². The zero-order valence-corrected chi connectivity index (χ0v) is 22.9. The first kappa shape index (κ1) is 25.1. The monoisotopic (exact) mass is 575 g/mol. The number of anilines is 1. The third kappa shape index (κ3) is 5.07. The Bertz CT molecular complexity index is 1420. The summed E-state index contributed by atoms with van der Waals surface area (Å²) in [6.07, 6.45) is 1.70. The van der Waals surface area contributed by atoms with E-state index in [1.807, 2.05) is 28.0 Å². The van der Waals surface area contributed by atoms with Gasteiger partial charge in [-0.15, -0.1) is 0 Å². The van der Waals surface area contributed by atoms with Gasteiger partial charge in [-0.3, -0.25) is 14.3 Å². The Kier molecular flexibility index (Phi) is 7.17. The van der Waals surface area contributed by atoms with E-state index in [1.165, 1.54) is 6.07 Å². The maximum atomic E-state index is 14.2. The van der Waals surface area contributed by atoms with Gasteiger partial charge in [0, 0.05) is 42.3 Å². The molecule has 0 bridgehead atoms. The largest absolute Gasteiger partial charge is 0.366 e. The van der Waals surface area contributed by atoms with Crippen molar-refractivity contribution in [3.8, 4) is 5.69 Å². The number of aromatic nitrogens is 2. The van der Waals surface area contributed by atoms with Gasteiger partial charge in [-0.05, 0) is 74.5 Å². The van der Waals surface area contributed by atoms with Crippen LogP contribution in [0.1, 0.15) is 18.7 Å². The average molecular weight is 577 g/mol. The van der Waals surface area contributed by atoms with E-state index >= 15 is 0 Å². The van der Waals surface area contributed by atoms with E-state index in [9.17, 15) is 9.18 Å². The number of halogens is 2. The molecule has 3 aromatic carbocycles. The molecule has 1 amide bonds. The summed E-state index contributed by atoms with van der Waals surface area (Å²) < 4.78 is 17.5. The second kappa shape index (κ2) is 10.9. The highest BCUT2D eigenvalue weighted by Gasteiger charge is 2.31. The molecule has 6 nitrogen and oxygen atoms in total. The molecule has 2 saturated heterocycles. The van der Waals surface area contributed by atoms with E-state index < -0.39 is 0 Å². The summed E-state index contributed by atoms with van der Waals surface area (Å²) in [5.74, 6) is 1.12. The van der Waals surface area contributed by atoms with Crippen molar-refractivity contribution in [3.05, 3.63) is 88.9 Å². The van der Waals surface area contributed by atoms with E-state index in [4.69, 9.17) is 4.98 Å². The molecule has 6 rings (SSSR count). The van der Waals surface area contributed by atoms with Gasteiger partial charge in [-0.1, -0.05) is 40.2 Å². The van der Waals surface area contributed by atoms with Gasteiger partial charge in [0.05, 0.1) is 23.3 Å². The van der Waals surface area contributed by atoms with Crippen LogP contribution in [0, 0.1) is 11.7 Å². The molecule has 0 N–H and O–H groups in total. The Morgan fingerprint density at radius 2 is 1.55 bits per heavy atom. The number of fused-ring (bicyclic) bond motifs is 1. The first-order valence-corrected chi connectivity index (χ1v) is 14.1. The van der Waals surface area contributed by atoms with Crippen LogP contribution in [-0.2, 0) is 11.3 Å². The van der Waals surface area contributed by atoms with Crippen LogP contribution in [0.3, 0.4) is 0 Å². The van der Waals surface area contributed by atoms with E-state index in [2.05, 4.69) is 67.9 Å². The van der Waals surface area contributed by atoms with Crippen molar-refractivity contribution in [2.75, 3.05) is 44.2 Å². The Morgan fingerprint density at radius 3 is 2.29 bits per heavy atom. The molecular formula is C30H31BrFN5O. The lowest BCUT2D eigenvalue weighted by molar-refractivity contribution is -0.137. The number of piperidine rings is 1. The highest BCUT2D eigenvalue weighted by molar-refractivity contribution is 9.10. The SMILES string of the molecule is O=C(C1CCN(Cc2nc3ccccc3n2-c2ccc(Br)cc2)CC1)N1CCN(c2ccccc2F)CC1. The summed E-state index contributed by atoms with van der Waals surface area (Å²) in [7, 11) is 0. The maximum absolute atomic E-state index is 14.2. The van der Waals surface area contributed by atoms with Crippen LogP contribution in [0.4, 0.5) is 10.1 Å². The number of nitrogens with zero attached hydrogens (tertiary/aromatic N) is 5. The van der Waals surface area contributed by atoms with Crippen LogP contribution in [0.25, 0.3) is 16.7 Å².